The molecule has 0 spiro atoms. The van der Waals surface area contributed by atoms with Crippen molar-refractivity contribution in [1.82, 2.24) is 10.2 Å². The minimum absolute atomic E-state index is 0.652. The van der Waals surface area contributed by atoms with Crippen LogP contribution in [-0.2, 0) is 6.54 Å². The maximum Gasteiger partial charge on any atom is 0.0247 e. The highest BCUT2D eigenvalue weighted by Gasteiger charge is 2.29. The van der Waals surface area contributed by atoms with Gasteiger partial charge in [0.05, 0.1) is 0 Å². The molecule has 1 saturated heterocycles. The van der Waals surface area contributed by atoms with Crippen LogP contribution in [0.5, 0.6) is 0 Å². The zero-order valence-electron chi connectivity index (χ0n) is 14.4. The highest BCUT2D eigenvalue weighted by Crippen LogP contribution is 2.21. The molecule has 0 aromatic heterocycles. The zero-order valence-corrected chi connectivity index (χ0v) is 14.4. The largest absolute Gasteiger partial charge is 0.311 e. The lowest BCUT2D eigenvalue weighted by Crippen LogP contribution is -2.57. The molecular formula is C19H32N2. The molecule has 2 rings (SSSR count). The van der Waals surface area contributed by atoms with Crippen molar-refractivity contribution in [2.45, 2.75) is 66.1 Å². The molecule has 118 valence electrons. The molecule has 0 saturated carbocycles. The monoisotopic (exact) mass is 288 g/mol. The minimum Gasteiger partial charge on any atom is -0.311 e. The molecule has 0 amide bonds. The summed E-state index contributed by atoms with van der Waals surface area (Å²) in [4.78, 5) is 2.70. The van der Waals surface area contributed by atoms with Crippen molar-refractivity contribution in [3.05, 3.63) is 34.9 Å². The van der Waals surface area contributed by atoms with Crippen LogP contribution in [0, 0.1) is 19.8 Å². The lowest BCUT2D eigenvalue weighted by atomic mass is 9.96. The quantitative estimate of drug-likeness (QED) is 0.884. The lowest BCUT2D eigenvalue weighted by molar-refractivity contribution is 0.0885. The maximum absolute atomic E-state index is 3.75. The van der Waals surface area contributed by atoms with Crippen molar-refractivity contribution in [3.63, 3.8) is 0 Å². The van der Waals surface area contributed by atoms with Crippen molar-refractivity contribution >= 4 is 0 Å². The molecule has 2 atom stereocenters. The van der Waals surface area contributed by atoms with Gasteiger partial charge in [0.25, 0.3) is 0 Å². The summed E-state index contributed by atoms with van der Waals surface area (Å²) in [6, 6.07) is 8.28. The number of aryl methyl sites for hydroxylation is 2. The van der Waals surface area contributed by atoms with Gasteiger partial charge in [0.2, 0.25) is 0 Å². The summed E-state index contributed by atoms with van der Waals surface area (Å²) in [7, 11) is 0. The minimum atomic E-state index is 0.652. The van der Waals surface area contributed by atoms with E-state index in [0.717, 1.165) is 13.1 Å². The maximum atomic E-state index is 3.75. The second-order valence-corrected chi connectivity index (χ2v) is 7.13. The molecule has 1 aliphatic rings. The van der Waals surface area contributed by atoms with E-state index in [2.05, 4.69) is 63.0 Å². The molecule has 21 heavy (non-hydrogen) atoms. The van der Waals surface area contributed by atoms with Crippen molar-refractivity contribution in [2.24, 2.45) is 5.92 Å². The first kappa shape index (κ1) is 16.5. The van der Waals surface area contributed by atoms with Gasteiger partial charge in [-0.15, -0.1) is 0 Å². The van der Waals surface area contributed by atoms with E-state index in [9.17, 15) is 0 Å². The van der Waals surface area contributed by atoms with E-state index >= 15 is 0 Å². The van der Waals surface area contributed by atoms with Gasteiger partial charge in [-0.1, -0.05) is 56.5 Å². The molecule has 2 nitrogen and oxygen atoms in total. The van der Waals surface area contributed by atoms with E-state index in [1.54, 1.807) is 0 Å². The Morgan fingerprint density at radius 1 is 1.19 bits per heavy atom. The van der Waals surface area contributed by atoms with E-state index in [-0.39, 0.29) is 0 Å². The van der Waals surface area contributed by atoms with E-state index in [1.807, 2.05) is 0 Å². The molecule has 0 radical (unpaired) electrons. The molecule has 2 heteroatoms. The molecule has 0 aliphatic carbocycles. The number of rotatable bonds is 5. The van der Waals surface area contributed by atoms with Crippen LogP contribution in [0.25, 0.3) is 0 Å². The Morgan fingerprint density at radius 3 is 2.43 bits per heavy atom. The first-order chi connectivity index (χ1) is 9.99. The summed E-state index contributed by atoms with van der Waals surface area (Å²) in [5.41, 5.74) is 4.23. The van der Waals surface area contributed by atoms with Gasteiger partial charge in [-0.05, 0) is 31.7 Å². The second-order valence-electron chi connectivity index (χ2n) is 7.13. The highest BCUT2D eigenvalue weighted by molar-refractivity contribution is 5.28. The van der Waals surface area contributed by atoms with Crippen LogP contribution in [0.1, 0.15) is 50.3 Å². The molecule has 1 heterocycles. The summed E-state index contributed by atoms with van der Waals surface area (Å²) >= 11 is 0. The first-order valence-corrected chi connectivity index (χ1v) is 8.54. The van der Waals surface area contributed by atoms with Crippen molar-refractivity contribution in [1.29, 1.82) is 0 Å². The van der Waals surface area contributed by atoms with Gasteiger partial charge in [-0.2, -0.15) is 0 Å². The van der Waals surface area contributed by atoms with Gasteiger partial charge in [0, 0.05) is 31.7 Å². The Balaban J connectivity index is 2.11. The van der Waals surface area contributed by atoms with Gasteiger partial charge in [-0.3, -0.25) is 4.90 Å². The Kier molecular flexibility index (Phi) is 5.83. The third-order valence-electron chi connectivity index (χ3n) is 4.61. The number of hydrogen-bond acceptors (Lipinski definition) is 2. The Bertz CT molecular complexity index is 433. The predicted molar refractivity (Wildman–Crippen MR) is 91.7 cm³/mol. The average molecular weight is 288 g/mol. The number of nitrogens with one attached hydrogen (secondary N) is 1. The molecule has 1 aliphatic heterocycles. The molecule has 1 aromatic rings. The van der Waals surface area contributed by atoms with Crippen molar-refractivity contribution in [2.75, 3.05) is 13.1 Å². The van der Waals surface area contributed by atoms with Gasteiger partial charge < -0.3 is 5.32 Å². The van der Waals surface area contributed by atoms with Gasteiger partial charge in [0.15, 0.2) is 0 Å². The molecule has 2 unspecified atom stereocenters. The Hall–Kier alpha value is -0.860. The Morgan fingerprint density at radius 2 is 1.86 bits per heavy atom. The lowest BCUT2D eigenvalue weighted by Gasteiger charge is -2.42. The van der Waals surface area contributed by atoms with Crippen LogP contribution < -0.4 is 5.32 Å². The summed E-state index contributed by atoms with van der Waals surface area (Å²) < 4.78 is 0. The highest BCUT2D eigenvalue weighted by atomic mass is 15.2. The third kappa shape index (κ3) is 4.55. The standard InChI is InChI=1S/C19H32N2/c1-6-7-18-13-21(19(11-20-18)14(2)3)12-17-9-15(4)8-16(5)10-17/h8-10,14,18-20H,6-7,11-13H2,1-5H3. The fourth-order valence-electron chi connectivity index (χ4n) is 3.68. The fourth-order valence-corrected chi connectivity index (χ4v) is 3.68. The smallest absolute Gasteiger partial charge is 0.0247 e. The van der Waals surface area contributed by atoms with Crippen LogP contribution in [0.4, 0.5) is 0 Å². The predicted octanol–water partition coefficient (Wildman–Crippen LogP) is 3.90. The molecule has 1 aromatic carbocycles. The van der Waals surface area contributed by atoms with Gasteiger partial charge in [0.1, 0.15) is 0 Å². The molecule has 1 fully saturated rings. The van der Waals surface area contributed by atoms with E-state index in [0.29, 0.717) is 18.0 Å². The van der Waals surface area contributed by atoms with E-state index in [4.69, 9.17) is 0 Å². The van der Waals surface area contributed by atoms with Crippen molar-refractivity contribution in [3.8, 4) is 0 Å². The van der Waals surface area contributed by atoms with Gasteiger partial charge >= 0.3 is 0 Å². The number of hydrogen-bond donors (Lipinski definition) is 1. The summed E-state index contributed by atoms with van der Waals surface area (Å²) in [5, 5.41) is 3.75. The molecule has 0 bridgehead atoms. The van der Waals surface area contributed by atoms with Crippen LogP contribution in [0.15, 0.2) is 18.2 Å². The SMILES string of the molecule is CCCC1CN(Cc2cc(C)cc(C)c2)C(C(C)C)CN1. The van der Waals surface area contributed by atoms with Crippen LogP contribution >= 0.6 is 0 Å². The normalized spacial score (nSPS) is 23.7. The van der Waals surface area contributed by atoms with Gasteiger partial charge in [-0.25, -0.2) is 0 Å². The Labute approximate surface area is 130 Å². The molecule has 1 N–H and O–H groups in total. The van der Waals surface area contributed by atoms with E-state index < -0.39 is 0 Å². The third-order valence-corrected chi connectivity index (χ3v) is 4.61. The first-order valence-electron chi connectivity index (χ1n) is 8.54. The van der Waals surface area contributed by atoms with Crippen LogP contribution in [0.3, 0.4) is 0 Å². The van der Waals surface area contributed by atoms with Crippen LogP contribution in [0.2, 0.25) is 0 Å². The average Bonchev–Trinajstić information content (AvgIpc) is 2.37. The number of piperazine rings is 1. The topological polar surface area (TPSA) is 15.3 Å². The summed E-state index contributed by atoms with van der Waals surface area (Å²) in [6.45, 7) is 14.8. The van der Waals surface area contributed by atoms with Crippen LogP contribution in [-0.4, -0.2) is 30.1 Å². The zero-order chi connectivity index (χ0) is 15.4. The number of benzene rings is 1. The number of nitrogens with zero attached hydrogens (tertiary/aromatic N) is 1. The summed E-state index contributed by atoms with van der Waals surface area (Å²) in [6.07, 6.45) is 2.55. The van der Waals surface area contributed by atoms with Crippen molar-refractivity contribution < 1.29 is 0 Å². The van der Waals surface area contributed by atoms with E-state index in [1.165, 1.54) is 36.1 Å². The second kappa shape index (κ2) is 7.42. The molecular weight excluding hydrogens is 256 g/mol. The summed E-state index contributed by atoms with van der Waals surface area (Å²) in [5.74, 6) is 0.700. The fraction of sp³-hybridized carbons (Fsp3) is 0.684.